The van der Waals surface area contributed by atoms with Crippen LogP contribution in [0.4, 0.5) is 5.82 Å². The SMILES string of the molecule is COC(CNc1cnccn1)CC(=O)O. The number of rotatable bonds is 6. The molecule has 1 unspecified atom stereocenters. The van der Waals surface area contributed by atoms with Crippen LogP contribution in [0.3, 0.4) is 0 Å². The highest BCUT2D eigenvalue weighted by atomic mass is 16.5. The molecule has 6 nitrogen and oxygen atoms in total. The summed E-state index contributed by atoms with van der Waals surface area (Å²) in [6.45, 7) is 0.390. The molecule has 82 valence electrons. The second kappa shape index (κ2) is 5.92. The summed E-state index contributed by atoms with van der Waals surface area (Å²) in [4.78, 5) is 18.3. The lowest BCUT2D eigenvalue weighted by Crippen LogP contribution is -2.25. The van der Waals surface area contributed by atoms with E-state index in [-0.39, 0.29) is 12.5 Å². The summed E-state index contributed by atoms with van der Waals surface area (Å²) in [5.41, 5.74) is 0. The topological polar surface area (TPSA) is 84.3 Å². The molecule has 0 amide bonds. The minimum Gasteiger partial charge on any atom is -0.481 e. The van der Waals surface area contributed by atoms with Crippen LogP contribution < -0.4 is 5.32 Å². The van der Waals surface area contributed by atoms with Gasteiger partial charge in [-0.3, -0.25) is 9.78 Å². The van der Waals surface area contributed by atoms with Gasteiger partial charge in [-0.15, -0.1) is 0 Å². The molecule has 0 bridgehead atoms. The van der Waals surface area contributed by atoms with Crippen molar-refractivity contribution in [2.45, 2.75) is 12.5 Å². The number of carboxylic acids is 1. The summed E-state index contributed by atoms with van der Waals surface area (Å²) in [5.74, 6) is -0.285. The van der Waals surface area contributed by atoms with Gasteiger partial charge >= 0.3 is 5.97 Å². The van der Waals surface area contributed by atoms with Crippen LogP contribution in [-0.2, 0) is 9.53 Å². The molecule has 1 rings (SSSR count). The molecule has 1 aromatic heterocycles. The van der Waals surface area contributed by atoms with Crippen LogP contribution in [0.2, 0.25) is 0 Å². The third-order valence-corrected chi connectivity index (χ3v) is 1.81. The zero-order valence-corrected chi connectivity index (χ0v) is 8.38. The molecule has 0 saturated heterocycles. The van der Waals surface area contributed by atoms with E-state index in [1.165, 1.54) is 7.11 Å². The van der Waals surface area contributed by atoms with E-state index in [9.17, 15) is 4.79 Å². The molecular formula is C9H13N3O3. The van der Waals surface area contributed by atoms with Crippen molar-refractivity contribution in [3.63, 3.8) is 0 Å². The van der Waals surface area contributed by atoms with Crippen LogP contribution in [-0.4, -0.2) is 40.8 Å². The molecule has 0 saturated carbocycles. The molecular weight excluding hydrogens is 198 g/mol. The summed E-state index contributed by atoms with van der Waals surface area (Å²) in [6, 6.07) is 0. The summed E-state index contributed by atoms with van der Waals surface area (Å²) >= 11 is 0. The van der Waals surface area contributed by atoms with Gasteiger partial charge in [0.15, 0.2) is 0 Å². The van der Waals surface area contributed by atoms with Crippen LogP contribution >= 0.6 is 0 Å². The summed E-state index contributed by atoms with van der Waals surface area (Å²) < 4.78 is 4.99. The molecule has 6 heteroatoms. The van der Waals surface area contributed by atoms with Gasteiger partial charge in [-0.25, -0.2) is 4.98 Å². The van der Waals surface area contributed by atoms with E-state index in [1.807, 2.05) is 0 Å². The largest absolute Gasteiger partial charge is 0.481 e. The molecule has 1 atom stereocenters. The molecule has 1 heterocycles. The van der Waals surface area contributed by atoms with Gasteiger partial charge in [-0.2, -0.15) is 0 Å². The van der Waals surface area contributed by atoms with Crippen molar-refractivity contribution >= 4 is 11.8 Å². The molecule has 0 aliphatic rings. The number of ether oxygens (including phenoxy) is 1. The third-order valence-electron chi connectivity index (χ3n) is 1.81. The second-order valence-corrected chi connectivity index (χ2v) is 2.93. The Labute approximate surface area is 87.3 Å². The van der Waals surface area contributed by atoms with E-state index in [0.29, 0.717) is 12.4 Å². The van der Waals surface area contributed by atoms with E-state index < -0.39 is 5.97 Å². The lowest BCUT2D eigenvalue weighted by atomic mass is 10.2. The maximum absolute atomic E-state index is 10.4. The van der Waals surface area contributed by atoms with Crippen LogP contribution in [0.15, 0.2) is 18.6 Å². The van der Waals surface area contributed by atoms with Gasteiger partial charge in [0.1, 0.15) is 5.82 Å². The standard InChI is InChI=1S/C9H13N3O3/c1-15-7(4-9(13)14)5-12-8-6-10-2-3-11-8/h2-3,6-7H,4-5H2,1H3,(H,11,12)(H,13,14). The fraction of sp³-hybridized carbons (Fsp3) is 0.444. The van der Waals surface area contributed by atoms with E-state index in [2.05, 4.69) is 15.3 Å². The van der Waals surface area contributed by atoms with Crippen LogP contribution in [0.5, 0.6) is 0 Å². The number of methoxy groups -OCH3 is 1. The van der Waals surface area contributed by atoms with Crippen molar-refractivity contribution in [2.75, 3.05) is 19.0 Å². The van der Waals surface area contributed by atoms with Gasteiger partial charge in [0, 0.05) is 26.0 Å². The zero-order valence-electron chi connectivity index (χ0n) is 8.38. The highest BCUT2D eigenvalue weighted by Gasteiger charge is 2.11. The Kier molecular flexibility index (Phi) is 4.49. The van der Waals surface area contributed by atoms with Gasteiger partial charge in [0.05, 0.1) is 18.7 Å². The quantitative estimate of drug-likeness (QED) is 0.707. The molecule has 0 aromatic carbocycles. The third kappa shape index (κ3) is 4.37. The molecule has 15 heavy (non-hydrogen) atoms. The number of carbonyl (C=O) groups is 1. The molecule has 0 aliphatic carbocycles. The smallest absolute Gasteiger partial charge is 0.306 e. The van der Waals surface area contributed by atoms with Crippen LogP contribution in [0.25, 0.3) is 0 Å². The first-order chi connectivity index (χ1) is 7.22. The van der Waals surface area contributed by atoms with Crippen LogP contribution in [0.1, 0.15) is 6.42 Å². The highest BCUT2D eigenvalue weighted by molar-refractivity contribution is 5.67. The Morgan fingerprint density at radius 2 is 2.47 bits per heavy atom. The number of aliphatic carboxylic acids is 1. The van der Waals surface area contributed by atoms with E-state index >= 15 is 0 Å². The second-order valence-electron chi connectivity index (χ2n) is 2.93. The van der Waals surface area contributed by atoms with E-state index in [1.54, 1.807) is 18.6 Å². The average Bonchev–Trinajstić information content (AvgIpc) is 2.25. The predicted molar refractivity (Wildman–Crippen MR) is 53.6 cm³/mol. The Morgan fingerprint density at radius 3 is 3.00 bits per heavy atom. The van der Waals surface area contributed by atoms with E-state index in [0.717, 1.165) is 0 Å². The number of aromatic nitrogens is 2. The number of nitrogens with one attached hydrogen (secondary N) is 1. The lowest BCUT2D eigenvalue weighted by molar-refractivity contribution is -0.139. The Bertz CT molecular complexity index is 305. The molecule has 0 radical (unpaired) electrons. The van der Waals surface area contributed by atoms with Gasteiger partial charge in [-0.1, -0.05) is 0 Å². The number of hydrogen-bond donors (Lipinski definition) is 2. The summed E-state index contributed by atoms with van der Waals surface area (Å²) in [6.07, 6.45) is 4.28. The number of hydrogen-bond acceptors (Lipinski definition) is 5. The van der Waals surface area contributed by atoms with Crippen molar-refractivity contribution in [3.8, 4) is 0 Å². The maximum Gasteiger partial charge on any atom is 0.306 e. The molecule has 2 N–H and O–H groups in total. The monoisotopic (exact) mass is 211 g/mol. The minimum atomic E-state index is -0.886. The van der Waals surface area contributed by atoms with Crippen molar-refractivity contribution in [1.29, 1.82) is 0 Å². The van der Waals surface area contributed by atoms with E-state index in [4.69, 9.17) is 9.84 Å². The summed E-state index contributed by atoms with van der Waals surface area (Å²) in [5, 5.41) is 11.5. The number of anilines is 1. The first-order valence-electron chi connectivity index (χ1n) is 4.47. The molecule has 0 fully saturated rings. The van der Waals surface area contributed by atoms with Crippen molar-refractivity contribution in [3.05, 3.63) is 18.6 Å². The maximum atomic E-state index is 10.4. The normalized spacial score (nSPS) is 12.1. The van der Waals surface area contributed by atoms with Gasteiger partial charge < -0.3 is 15.2 Å². The predicted octanol–water partition coefficient (Wildman–Crippen LogP) is 0.378. The van der Waals surface area contributed by atoms with Crippen molar-refractivity contribution in [2.24, 2.45) is 0 Å². The van der Waals surface area contributed by atoms with Crippen molar-refractivity contribution in [1.82, 2.24) is 9.97 Å². The first kappa shape index (κ1) is 11.4. The zero-order chi connectivity index (χ0) is 11.1. The first-order valence-corrected chi connectivity index (χ1v) is 4.47. The lowest BCUT2D eigenvalue weighted by Gasteiger charge is -2.13. The van der Waals surface area contributed by atoms with Crippen LogP contribution in [0, 0.1) is 0 Å². The van der Waals surface area contributed by atoms with Gasteiger partial charge in [-0.05, 0) is 0 Å². The van der Waals surface area contributed by atoms with Gasteiger partial charge in [0.2, 0.25) is 0 Å². The molecule has 1 aromatic rings. The number of carboxylic acid groups (broad SMARTS) is 1. The number of nitrogens with zero attached hydrogens (tertiary/aromatic N) is 2. The Balaban J connectivity index is 2.37. The fourth-order valence-corrected chi connectivity index (χ4v) is 1.04. The Morgan fingerprint density at radius 1 is 1.67 bits per heavy atom. The van der Waals surface area contributed by atoms with Crippen molar-refractivity contribution < 1.29 is 14.6 Å². The van der Waals surface area contributed by atoms with Gasteiger partial charge in [0.25, 0.3) is 0 Å². The average molecular weight is 211 g/mol. The molecule has 0 aliphatic heterocycles. The Hall–Kier alpha value is -1.69. The summed E-state index contributed by atoms with van der Waals surface area (Å²) in [7, 11) is 1.48. The minimum absolute atomic E-state index is 0.0379. The highest BCUT2D eigenvalue weighted by Crippen LogP contribution is 2.01. The fourth-order valence-electron chi connectivity index (χ4n) is 1.04. The molecule has 0 spiro atoms.